The number of nitriles is 1. The number of hydrogen-bond donors (Lipinski definition) is 0. The van der Waals surface area contributed by atoms with E-state index in [-0.39, 0.29) is 5.91 Å². The molecule has 20 heavy (non-hydrogen) atoms. The largest absolute Gasteiger partial charge is 0.336 e. The highest BCUT2D eigenvalue weighted by Crippen LogP contribution is 2.11. The second-order valence-corrected chi connectivity index (χ2v) is 6.63. The van der Waals surface area contributed by atoms with E-state index in [2.05, 4.69) is 0 Å². The lowest BCUT2D eigenvalue weighted by molar-refractivity contribution is 0.0698. The normalized spacial score (nSPS) is 16.7. The Morgan fingerprint density at radius 2 is 1.70 bits per heavy atom. The van der Waals surface area contributed by atoms with Gasteiger partial charge in [-0.2, -0.15) is 9.57 Å². The number of piperazine rings is 1. The number of carbonyl (C=O) groups is 1. The van der Waals surface area contributed by atoms with Gasteiger partial charge in [-0.15, -0.1) is 0 Å². The Bertz CT molecular complexity index is 638. The first kappa shape index (κ1) is 14.5. The van der Waals surface area contributed by atoms with Crippen molar-refractivity contribution in [2.75, 3.05) is 32.4 Å². The highest BCUT2D eigenvalue weighted by molar-refractivity contribution is 7.88. The zero-order chi connectivity index (χ0) is 14.8. The highest BCUT2D eigenvalue weighted by Gasteiger charge is 2.26. The smallest absolute Gasteiger partial charge is 0.253 e. The van der Waals surface area contributed by atoms with Crippen molar-refractivity contribution >= 4 is 15.9 Å². The first-order valence-electron chi connectivity index (χ1n) is 6.16. The lowest BCUT2D eigenvalue weighted by Crippen LogP contribution is -2.50. The van der Waals surface area contributed by atoms with Gasteiger partial charge in [0.1, 0.15) is 0 Å². The van der Waals surface area contributed by atoms with Gasteiger partial charge in [0.05, 0.1) is 17.9 Å². The molecule has 1 aliphatic rings. The quantitative estimate of drug-likeness (QED) is 0.784. The summed E-state index contributed by atoms with van der Waals surface area (Å²) in [4.78, 5) is 13.9. The summed E-state index contributed by atoms with van der Waals surface area (Å²) in [6.07, 6.45) is 1.17. The second-order valence-electron chi connectivity index (χ2n) is 4.64. The van der Waals surface area contributed by atoms with Gasteiger partial charge in [-0.25, -0.2) is 8.42 Å². The lowest BCUT2D eigenvalue weighted by atomic mass is 10.1. The van der Waals surface area contributed by atoms with Crippen molar-refractivity contribution in [2.45, 2.75) is 0 Å². The van der Waals surface area contributed by atoms with E-state index < -0.39 is 10.0 Å². The zero-order valence-electron chi connectivity index (χ0n) is 11.1. The topological polar surface area (TPSA) is 81.5 Å². The van der Waals surface area contributed by atoms with Crippen molar-refractivity contribution in [1.29, 1.82) is 5.26 Å². The van der Waals surface area contributed by atoms with Crippen LogP contribution in [0.5, 0.6) is 0 Å². The van der Waals surface area contributed by atoms with Gasteiger partial charge >= 0.3 is 0 Å². The molecule has 1 aliphatic heterocycles. The van der Waals surface area contributed by atoms with Crippen LogP contribution in [0, 0.1) is 11.3 Å². The molecule has 6 nitrogen and oxygen atoms in total. The second kappa shape index (κ2) is 5.61. The maximum Gasteiger partial charge on any atom is 0.253 e. The van der Waals surface area contributed by atoms with Crippen molar-refractivity contribution in [2.24, 2.45) is 0 Å². The Labute approximate surface area is 118 Å². The predicted octanol–water partition coefficient (Wildman–Crippen LogP) is 0.276. The Balaban J connectivity index is 2.03. The minimum atomic E-state index is -3.19. The summed E-state index contributed by atoms with van der Waals surface area (Å²) in [5, 5.41) is 8.71. The van der Waals surface area contributed by atoms with E-state index in [4.69, 9.17) is 5.26 Å². The van der Waals surface area contributed by atoms with Crippen LogP contribution in [0.4, 0.5) is 0 Å². The molecule has 1 heterocycles. The Kier molecular flexibility index (Phi) is 4.06. The fourth-order valence-corrected chi connectivity index (χ4v) is 2.92. The van der Waals surface area contributed by atoms with E-state index in [9.17, 15) is 13.2 Å². The summed E-state index contributed by atoms with van der Waals surface area (Å²) >= 11 is 0. The molecule has 1 fully saturated rings. The van der Waals surface area contributed by atoms with Crippen LogP contribution in [0.15, 0.2) is 24.3 Å². The molecule has 0 unspecified atom stereocenters. The molecule has 2 rings (SSSR count). The Morgan fingerprint density at radius 3 is 2.15 bits per heavy atom. The Morgan fingerprint density at radius 1 is 1.15 bits per heavy atom. The Hall–Kier alpha value is -1.91. The summed E-state index contributed by atoms with van der Waals surface area (Å²) in [5.74, 6) is -0.136. The predicted molar refractivity (Wildman–Crippen MR) is 73.5 cm³/mol. The standard InChI is InChI=1S/C13H15N3O3S/c1-20(18,19)16-8-6-15(7-9-16)13(17)12-4-2-11(10-14)3-5-12/h2-5H,6-9H2,1H3. The fraction of sp³-hybridized carbons (Fsp3) is 0.385. The molecule has 7 heteroatoms. The van der Waals surface area contributed by atoms with E-state index in [1.165, 1.54) is 10.6 Å². The van der Waals surface area contributed by atoms with E-state index in [1.807, 2.05) is 6.07 Å². The third-order valence-electron chi connectivity index (χ3n) is 3.26. The molecule has 0 spiro atoms. The summed E-state index contributed by atoms with van der Waals surface area (Å²) in [6, 6.07) is 8.42. The van der Waals surface area contributed by atoms with E-state index in [1.54, 1.807) is 29.2 Å². The summed E-state index contributed by atoms with van der Waals surface area (Å²) < 4.78 is 24.2. The molecule has 0 aliphatic carbocycles. The minimum Gasteiger partial charge on any atom is -0.336 e. The van der Waals surface area contributed by atoms with E-state index in [0.29, 0.717) is 37.3 Å². The number of sulfonamides is 1. The molecule has 1 amide bonds. The molecule has 0 N–H and O–H groups in total. The summed E-state index contributed by atoms with van der Waals surface area (Å²) in [7, 11) is -3.19. The van der Waals surface area contributed by atoms with Crippen LogP contribution in [0.2, 0.25) is 0 Å². The van der Waals surface area contributed by atoms with Crippen molar-refractivity contribution in [3.8, 4) is 6.07 Å². The highest BCUT2D eigenvalue weighted by atomic mass is 32.2. The number of amides is 1. The van der Waals surface area contributed by atoms with Crippen LogP contribution >= 0.6 is 0 Å². The van der Waals surface area contributed by atoms with Gasteiger partial charge in [-0.3, -0.25) is 4.79 Å². The van der Waals surface area contributed by atoms with Gasteiger partial charge in [0.25, 0.3) is 5.91 Å². The molecule has 0 bridgehead atoms. The van der Waals surface area contributed by atoms with Crippen molar-refractivity contribution in [3.63, 3.8) is 0 Å². The van der Waals surface area contributed by atoms with Gasteiger partial charge in [0.2, 0.25) is 10.0 Å². The van der Waals surface area contributed by atoms with Crippen molar-refractivity contribution < 1.29 is 13.2 Å². The number of carbonyl (C=O) groups excluding carboxylic acids is 1. The van der Waals surface area contributed by atoms with Gasteiger partial charge < -0.3 is 4.90 Å². The van der Waals surface area contributed by atoms with Gasteiger partial charge in [0.15, 0.2) is 0 Å². The lowest BCUT2D eigenvalue weighted by Gasteiger charge is -2.33. The molecule has 0 saturated carbocycles. The van der Waals surface area contributed by atoms with Crippen LogP contribution < -0.4 is 0 Å². The number of rotatable bonds is 2. The van der Waals surface area contributed by atoms with Crippen molar-refractivity contribution in [1.82, 2.24) is 9.21 Å². The molecular formula is C13H15N3O3S. The van der Waals surface area contributed by atoms with Gasteiger partial charge in [0, 0.05) is 31.7 Å². The first-order chi connectivity index (χ1) is 9.41. The number of benzene rings is 1. The third kappa shape index (κ3) is 3.15. The van der Waals surface area contributed by atoms with Crippen LogP contribution in [0.25, 0.3) is 0 Å². The maximum atomic E-state index is 12.2. The van der Waals surface area contributed by atoms with Crippen molar-refractivity contribution in [3.05, 3.63) is 35.4 Å². The molecule has 1 saturated heterocycles. The zero-order valence-corrected chi connectivity index (χ0v) is 11.9. The third-order valence-corrected chi connectivity index (χ3v) is 4.56. The van der Waals surface area contributed by atoms with E-state index >= 15 is 0 Å². The fourth-order valence-electron chi connectivity index (χ4n) is 2.09. The SMILES string of the molecule is CS(=O)(=O)N1CCN(C(=O)c2ccc(C#N)cc2)CC1. The molecular weight excluding hydrogens is 278 g/mol. The van der Waals surface area contributed by atoms with Gasteiger partial charge in [-0.1, -0.05) is 0 Å². The summed E-state index contributed by atoms with van der Waals surface area (Å²) in [5.41, 5.74) is 1.01. The maximum absolute atomic E-state index is 12.2. The van der Waals surface area contributed by atoms with Gasteiger partial charge in [-0.05, 0) is 24.3 Å². The molecule has 1 aromatic rings. The number of nitrogens with zero attached hydrogens (tertiary/aromatic N) is 3. The monoisotopic (exact) mass is 293 g/mol. The van der Waals surface area contributed by atoms with E-state index in [0.717, 1.165) is 0 Å². The van der Waals surface area contributed by atoms with Crippen LogP contribution in [0.3, 0.4) is 0 Å². The average molecular weight is 293 g/mol. The van der Waals surface area contributed by atoms with Crippen LogP contribution in [-0.2, 0) is 10.0 Å². The average Bonchev–Trinajstić information content (AvgIpc) is 2.46. The molecule has 0 atom stereocenters. The minimum absolute atomic E-state index is 0.136. The molecule has 1 aromatic carbocycles. The van der Waals surface area contributed by atoms with Crippen LogP contribution in [-0.4, -0.2) is 56.0 Å². The first-order valence-corrected chi connectivity index (χ1v) is 8.01. The van der Waals surface area contributed by atoms with Crippen LogP contribution in [0.1, 0.15) is 15.9 Å². The molecule has 106 valence electrons. The molecule has 0 aromatic heterocycles. The molecule has 0 radical (unpaired) electrons. The number of hydrogen-bond acceptors (Lipinski definition) is 4. The summed E-state index contributed by atoms with van der Waals surface area (Å²) in [6.45, 7) is 1.40.